The fourth-order valence-electron chi connectivity index (χ4n) is 2.52. The molecule has 18 heavy (non-hydrogen) atoms. The number of pyridine rings is 1. The second-order valence-corrected chi connectivity index (χ2v) is 5.00. The number of aromatic nitrogens is 1. The molecule has 0 aliphatic carbocycles. The van der Waals surface area contributed by atoms with Crippen LogP contribution in [0.25, 0.3) is 0 Å². The van der Waals surface area contributed by atoms with Crippen LogP contribution >= 0.6 is 12.4 Å². The lowest BCUT2D eigenvalue weighted by molar-refractivity contribution is 0.216. The predicted octanol–water partition coefficient (Wildman–Crippen LogP) is 2.39. The second kappa shape index (κ2) is 7.72. The summed E-state index contributed by atoms with van der Waals surface area (Å²) in [5, 5.41) is 3.47. The van der Waals surface area contributed by atoms with Crippen molar-refractivity contribution in [2.45, 2.75) is 38.8 Å². The van der Waals surface area contributed by atoms with Gasteiger partial charge in [0, 0.05) is 24.5 Å². The Morgan fingerprint density at radius 3 is 3.00 bits per heavy atom. The summed E-state index contributed by atoms with van der Waals surface area (Å²) in [4.78, 5) is 6.84. The largest absolute Gasteiger partial charge is 0.317 e. The van der Waals surface area contributed by atoms with Gasteiger partial charge in [0.15, 0.2) is 0 Å². The van der Waals surface area contributed by atoms with Crippen LogP contribution in [0, 0.1) is 6.92 Å². The lowest BCUT2D eigenvalue weighted by Gasteiger charge is -2.27. The highest BCUT2D eigenvalue weighted by Gasteiger charge is 2.17. The van der Waals surface area contributed by atoms with Crippen LogP contribution in [0.3, 0.4) is 0 Å². The Kier molecular flexibility index (Phi) is 6.61. The van der Waals surface area contributed by atoms with Gasteiger partial charge in [-0.1, -0.05) is 6.07 Å². The monoisotopic (exact) mass is 269 g/mol. The lowest BCUT2D eigenvalue weighted by Crippen LogP contribution is -2.32. The summed E-state index contributed by atoms with van der Waals surface area (Å²) >= 11 is 0. The Labute approximate surface area is 116 Å². The van der Waals surface area contributed by atoms with E-state index in [0.717, 1.165) is 18.8 Å². The molecule has 1 N–H and O–H groups in total. The molecule has 1 aliphatic rings. The molecular weight excluding hydrogens is 246 g/mol. The smallest absolute Gasteiger partial charge is 0.0417 e. The summed E-state index contributed by atoms with van der Waals surface area (Å²) in [6, 6.07) is 4.93. The molecule has 0 saturated carbocycles. The summed E-state index contributed by atoms with van der Waals surface area (Å²) in [5.74, 6) is 0. The first-order valence-electron chi connectivity index (χ1n) is 6.59. The van der Waals surface area contributed by atoms with Gasteiger partial charge in [-0.25, -0.2) is 0 Å². The van der Waals surface area contributed by atoms with Crippen LogP contribution in [-0.2, 0) is 6.54 Å². The second-order valence-electron chi connectivity index (χ2n) is 5.00. The third-order valence-electron chi connectivity index (χ3n) is 3.70. The predicted molar refractivity (Wildman–Crippen MR) is 78.2 cm³/mol. The van der Waals surface area contributed by atoms with Gasteiger partial charge in [0.25, 0.3) is 0 Å². The molecule has 0 radical (unpaired) electrons. The molecule has 0 bridgehead atoms. The van der Waals surface area contributed by atoms with E-state index in [1.165, 1.54) is 31.4 Å². The Morgan fingerprint density at radius 1 is 1.39 bits per heavy atom. The summed E-state index contributed by atoms with van der Waals surface area (Å²) in [6.45, 7) is 5.44. The van der Waals surface area contributed by atoms with Crippen LogP contribution in [0.4, 0.5) is 0 Å². The Hall–Kier alpha value is -0.640. The van der Waals surface area contributed by atoms with Crippen LogP contribution in [0.1, 0.15) is 30.5 Å². The maximum atomic E-state index is 4.36. The van der Waals surface area contributed by atoms with Gasteiger partial charge in [0.05, 0.1) is 0 Å². The highest BCUT2D eigenvalue weighted by molar-refractivity contribution is 5.85. The van der Waals surface area contributed by atoms with Crippen molar-refractivity contribution in [3.8, 4) is 0 Å². The molecule has 4 heteroatoms. The van der Waals surface area contributed by atoms with Crippen molar-refractivity contribution < 1.29 is 0 Å². The van der Waals surface area contributed by atoms with E-state index in [2.05, 4.69) is 35.2 Å². The molecule has 2 heterocycles. The number of hydrogen-bond acceptors (Lipinski definition) is 3. The van der Waals surface area contributed by atoms with Gasteiger partial charge >= 0.3 is 0 Å². The van der Waals surface area contributed by atoms with Crippen LogP contribution < -0.4 is 5.32 Å². The van der Waals surface area contributed by atoms with E-state index >= 15 is 0 Å². The van der Waals surface area contributed by atoms with Gasteiger partial charge < -0.3 is 5.32 Å². The number of hydrogen-bond donors (Lipinski definition) is 1. The summed E-state index contributed by atoms with van der Waals surface area (Å²) in [5.41, 5.74) is 2.51. The van der Waals surface area contributed by atoms with Gasteiger partial charge in [-0.05, 0) is 58.0 Å². The molecule has 102 valence electrons. The topological polar surface area (TPSA) is 28.2 Å². The minimum Gasteiger partial charge on any atom is -0.317 e. The molecule has 1 aliphatic heterocycles. The molecule has 0 spiro atoms. The Morgan fingerprint density at radius 2 is 2.22 bits per heavy atom. The molecule has 1 fully saturated rings. The quantitative estimate of drug-likeness (QED) is 0.913. The maximum Gasteiger partial charge on any atom is 0.0417 e. The van der Waals surface area contributed by atoms with Crippen molar-refractivity contribution in [1.82, 2.24) is 15.2 Å². The molecule has 1 unspecified atom stereocenters. The van der Waals surface area contributed by atoms with E-state index in [-0.39, 0.29) is 12.4 Å². The number of aryl methyl sites for hydroxylation is 1. The molecule has 1 aromatic rings. The first-order valence-corrected chi connectivity index (χ1v) is 6.59. The minimum absolute atomic E-state index is 0. The molecule has 0 aromatic carbocycles. The third-order valence-corrected chi connectivity index (χ3v) is 3.70. The summed E-state index contributed by atoms with van der Waals surface area (Å²) < 4.78 is 0. The average molecular weight is 270 g/mol. The lowest BCUT2D eigenvalue weighted by atomic mass is 10.1. The van der Waals surface area contributed by atoms with Gasteiger partial charge in [0.2, 0.25) is 0 Å². The Bertz CT molecular complexity index is 349. The average Bonchev–Trinajstić information content (AvgIpc) is 2.61. The van der Waals surface area contributed by atoms with E-state index in [1.807, 2.05) is 12.3 Å². The minimum atomic E-state index is 0. The molecule has 1 saturated heterocycles. The first kappa shape index (κ1) is 15.4. The number of nitrogens with zero attached hydrogens (tertiary/aromatic N) is 2. The van der Waals surface area contributed by atoms with Crippen molar-refractivity contribution in [1.29, 1.82) is 0 Å². The van der Waals surface area contributed by atoms with Crippen molar-refractivity contribution in [3.05, 3.63) is 29.6 Å². The van der Waals surface area contributed by atoms with Gasteiger partial charge in [-0.2, -0.15) is 0 Å². The first-order chi connectivity index (χ1) is 8.27. The van der Waals surface area contributed by atoms with Gasteiger partial charge in [-0.15, -0.1) is 12.4 Å². The van der Waals surface area contributed by atoms with E-state index in [1.54, 1.807) is 0 Å². The summed E-state index contributed by atoms with van der Waals surface area (Å²) in [7, 11) is 2.24. The molecule has 1 atom stereocenters. The van der Waals surface area contributed by atoms with E-state index < -0.39 is 0 Å². The number of rotatable bonds is 3. The van der Waals surface area contributed by atoms with Crippen LogP contribution in [0.5, 0.6) is 0 Å². The fourth-order valence-corrected chi connectivity index (χ4v) is 2.52. The van der Waals surface area contributed by atoms with E-state index in [9.17, 15) is 0 Å². The molecule has 0 amide bonds. The number of nitrogens with one attached hydrogen (secondary N) is 1. The van der Waals surface area contributed by atoms with Gasteiger partial charge in [-0.3, -0.25) is 9.88 Å². The zero-order valence-corrected chi connectivity index (χ0v) is 12.2. The SMILES string of the molecule is Cc1ncccc1CN(C)C1CCCNCC1.Cl. The van der Waals surface area contributed by atoms with Crippen LogP contribution in [0.2, 0.25) is 0 Å². The van der Waals surface area contributed by atoms with Crippen molar-refractivity contribution in [2.24, 2.45) is 0 Å². The maximum absolute atomic E-state index is 4.36. The van der Waals surface area contributed by atoms with Crippen molar-refractivity contribution >= 4 is 12.4 Å². The van der Waals surface area contributed by atoms with E-state index in [0.29, 0.717) is 6.04 Å². The van der Waals surface area contributed by atoms with Gasteiger partial charge in [0.1, 0.15) is 0 Å². The molecule has 2 rings (SSSR count). The normalized spacial score (nSPS) is 20.3. The standard InChI is InChI=1S/C14H23N3.ClH/c1-12-13(5-3-9-16-12)11-17(2)14-6-4-8-15-10-7-14;/h3,5,9,14-15H,4,6-8,10-11H2,1-2H3;1H. The Balaban J connectivity index is 0.00000162. The molecule has 3 nitrogen and oxygen atoms in total. The van der Waals surface area contributed by atoms with E-state index in [4.69, 9.17) is 0 Å². The van der Waals surface area contributed by atoms with Crippen molar-refractivity contribution in [2.75, 3.05) is 20.1 Å². The molecular formula is C14H24ClN3. The van der Waals surface area contributed by atoms with Crippen LogP contribution in [0.15, 0.2) is 18.3 Å². The van der Waals surface area contributed by atoms with Crippen LogP contribution in [-0.4, -0.2) is 36.1 Å². The van der Waals surface area contributed by atoms with Crippen molar-refractivity contribution in [3.63, 3.8) is 0 Å². The highest BCUT2D eigenvalue weighted by Crippen LogP contribution is 2.15. The zero-order chi connectivity index (χ0) is 12.1. The fraction of sp³-hybridized carbons (Fsp3) is 0.643. The highest BCUT2D eigenvalue weighted by atomic mass is 35.5. The third kappa shape index (κ3) is 4.23. The number of halogens is 1. The zero-order valence-electron chi connectivity index (χ0n) is 11.4. The molecule has 1 aromatic heterocycles. The summed E-state index contributed by atoms with van der Waals surface area (Å²) in [6.07, 6.45) is 5.73.